The molecule has 0 spiro atoms. The normalized spacial score (nSPS) is 25.2. The third-order valence-corrected chi connectivity index (χ3v) is 7.73. The van der Waals surface area contributed by atoms with E-state index in [4.69, 9.17) is 4.74 Å². The smallest absolute Gasteiger partial charge is 0.408 e. The molecule has 212 valence electrons. The third-order valence-electron chi connectivity index (χ3n) is 7.73. The molecule has 4 amide bonds. The highest BCUT2D eigenvalue weighted by Crippen LogP contribution is 2.57. The molecule has 0 aromatic carbocycles. The van der Waals surface area contributed by atoms with E-state index < -0.39 is 47.4 Å². The molecule has 1 saturated heterocycles. The average Bonchev–Trinajstić information content (AvgIpc) is 3.59. The first kappa shape index (κ1) is 29.6. The van der Waals surface area contributed by atoms with Crippen LogP contribution in [0.1, 0.15) is 73.6 Å². The van der Waals surface area contributed by atoms with Gasteiger partial charge in [0.2, 0.25) is 17.6 Å². The summed E-state index contributed by atoms with van der Waals surface area (Å²) in [6, 6.07) is -2.56. The van der Waals surface area contributed by atoms with Crippen LogP contribution in [-0.4, -0.2) is 71.3 Å². The Hall–Kier alpha value is -2.91. The number of hydrogen-bond acceptors (Lipinski definition) is 6. The second-order valence-corrected chi connectivity index (χ2v) is 12.6. The lowest BCUT2D eigenvalue weighted by Gasteiger charge is -2.49. The number of rotatable bonds is 11. The molecular formula is C28H44N4O6. The first-order valence-corrected chi connectivity index (χ1v) is 13.7. The van der Waals surface area contributed by atoms with E-state index in [1.165, 1.54) is 6.08 Å². The van der Waals surface area contributed by atoms with Gasteiger partial charge in [0.15, 0.2) is 0 Å². The van der Waals surface area contributed by atoms with Crippen molar-refractivity contribution in [1.82, 2.24) is 20.9 Å². The van der Waals surface area contributed by atoms with Crippen molar-refractivity contribution in [2.24, 2.45) is 23.2 Å². The van der Waals surface area contributed by atoms with Gasteiger partial charge in [-0.3, -0.25) is 19.2 Å². The van der Waals surface area contributed by atoms with Crippen LogP contribution in [0.15, 0.2) is 12.7 Å². The fraction of sp³-hybridized carbons (Fsp3) is 0.750. The van der Waals surface area contributed by atoms with Gasteiger partial charge < -0.3 is 25.6 Å². The van der Waals surface area contributed by atoms with E-state index in [9.17, 15) is 24.0 Å². The van der Waals surface area contributed by atoms with Gasteiger partial charge >= 0.3 is 6.09 Å². The van der Waals surface area contributed by atoms with Gasteiger partial charge in [-0.2, -0.15) is 0 Å². The first-order valence-electron chi connectivity index (χ1n) is 13.7. The van der Waals surface area contributed by atoms with Crippen LogP contribution < -0.4 is 16.0 Å². The molecule has 0 radical (unpaired) electrons. The van der Waals surface area contributed by atoms with Crippen LogP contribution in [0.2, 0.25) is 0 Å². The minimum absolute atomic E-state index is 0.00651. The average molecular weight is 533 g/mol. The van der Waals surface area contributed by atoms with Crippen molar-refractivity contribution in [3.05, 3.63) is 12.7 Å². The zero-order valence-electron chi connectivity index (χ0n) is 23.6. The molecule has 3 aliphatic rings. The van der Waals surface area contributed by atoms with Crippen molar-refractivity contribution in [2.75, 3.05) is 13.1 Å². The molecule has 3 rings (SSSR count). The second kappa shape index (κ2) is 11.5. The molecule has 10 heteroatoms. The van der Waals surface area contributed by atoms with Crippen LogP contribution >= 0.6 is 0 Å². The van der Waals surface area contributed by atoms with Gasteiger partial charge in [-0.15, -0.1) is 6.58 Å². The van der Waals surface area contributed by atoms with Gasteiger partial charge in [-0.1, -0.05) is 33.3 Å². The van der Waals surface area contributed by atoms with E-state index in [-0.39, 0.29) is 35.6 Å². The Balaban J connectivity index is 1.81. The largest absolute Gasteiger partial charge is 0.444 e. The Bertz CT molecular complexity index is 967. The predicted octanol–water partition coefficient (Wildman–Crippen LogP) is 2.32. The standard InChI is InChI=1S/C28H44N4O6/c1-8-10-18(22(33)24(35)29-13-9-2)30-23(34)21-19-17(14-28(19,6)7)15-32(21)25(36)20(16-11-12-16)31-26(37)38-27(3,4)5/h9,16-21H,2,8,10-15H2,1,3-7H3,(H,29,35)(H,30,34)(H,31,37)/t17-,18?,19-,20-,21-/m0/s1. The van der Waals surface area contributed by atoms with Crippen molar-refractivity contribution in [3.63, 3.8) is 0 Å². The molecule has 3 fully saturated rings. The number of amides is 4. The molecular weight excluding hydrogens is 488 g/mol. The molecule has 0 aromatic heterocycles. The van der Waals surface area contributed by atoms with E-state index in [0.717, 1.165) is 19.3 Å². The summed E-state index contributed by atoms with van der Waals surface area (Å²) < 4.78 is 5.40. The minimum atomic E-state index is -0.990. The van der Waals surface area contributed by atoms with E-state index >= 15 is 0 Å². The SMILES string of the molecule is C=CCNC(=O)C(=O)C(CCC)NC(=O)[C@@H]1[C@@H]2[C@H](CN1C(=O)[C@@H](NC(=O)OC(C)(C)C)C1CC1)CC2(C)C. The zero-order chi connectivity index (χ0) is 28.4. The van der Waals surface area contributed by atoms with Crippen LogP contribution in [0, 0.1) is 23.2 Å². The quantitative estimate of drug-likeness (QED) is 0.276. The summed E-state index contributed by atoms with van der Waals surface area (Å²) in [5.41, 5.74) is -0.875. The summed E-state index contributed by atoms with van der Waals surface area (Å²) >= 11 is 0. The van der Waals surface area contributed by atoms with E-state index in [1.807, 2.05) is 6.92 Å². The van der Waals surface area contributed by atoms with Gasteiger partial charge in [-0.05, 0) is 69.6 Å². The Kier molecular flexibility index (Phi) is 8.93. The van der Waals surface area contributed by atoms with Gasteiger partial charge in [0.1, 0.15) is 17.7 Å². The summed E-state index contributed by atoms with van der Waals surface area (Å²) in [7, 11) is 0. The van der Waals surface area contributed by atoms with E-state index in [1.54, 1.807) is 25.7 Å². The Morgan fingerprint density at radius 1 is 1.13 bits per heavy atom. The number of likely N-dealkylation sites (tertiary alicyclic amines) is 1. The molecule has 1 aliphatic heterocycles. The molecule has 1 unspecified atom stereocenters. The number of carbonyl (C=O) groups excluding carboxylic acids is 5. The molecule has 38 heavy (non-hydrogen) atoms. The number of hydrogen-bond donors (Lipinski definition) is 3. The van der Waals surface area contributed by atoms with Crippen LogP contribution in [0.25, 0.3) is 0 Å². The topological polar surface area (TPSA) is 134 Å². The van der Waals surface area contributed by atoms with E-state index in [0.29, 0.717) is 19.4 Å². The maximum Gasteiger partial charge on any atom is 0.408 e. The number of Topliss-reactive ketones (excluding diaryl/α,β-unsaturated/α-hetero) is 1. The molecule has 10 nitrogen and oxygen atoms in total. The number of nitrogens with zero attached hydrogens (tertiary/aromatic N) is 1. The molecule has 5 atom stereocenters. The summed E-state index contributed by atoms with van der Waals surface area (Å²) in [5, 5.41) is 8.03. The number of ether oxygens (including phenoxy) is 1. The summed E-state index contributed by atoms with van der Waals surface area (Å²) in [6.45, 7) is 15.4. The van der Waals surface area contributed by atoms with Gasteiger partial charge in [0.05, 0.1) is 6.04 Å². The van der Waals surface area contributed by atoms with Crippen molar-refractivity contribution in [2.45, 2.75) is 97.4 Å². The zero-order valence-corrected chi connectivity index (χ0v) is 23.6. The minimum Gasteiger partial charge on any atom is -0.444 e. The number of ketones is 1. The van der Waals surface area contributed by atoms with E-state index in [2.05, 4.69) is 36.4 Å². The fourth-order valence-corrected chi connectivity index (χ4v) is 6.02. The Labute approximate surface area is 225 Å². The van der Waals surface area contributed by atoms with Gasteiger partial charge in [0.25, 0.3) is 5.91 Å². The van der Waals surface area contributed by atoms with Gasteiger partial charge in [0, 0.05) is 13.1 Å². The van der Waals surface area contributed by atoms with Crippen molar-refractivity contribution in [3.8, 4) is 0 Å². The maximum absolute atomic E-state index is 13.9. The van der Waals surface area contributed by atoms with Crippen molar-refractivity contribution < 1.29 is 28.7 Å². The Morgan fingerprint density at radius 3 is 2.32 bits per heavy atom. The highest BCUT2D eigenvalue weighted by molar-refractivity contribution is 6.38. The first-order chi connectivity index (χ1) is 17.7. The second-order valence-electron chi connectivity index (χ2n) is 12.6. The predicted molar refractivity (Wildman–Crippen MR) is 142 cm³/mol. The number of nitrogens with one attached hydrogen (secondary N) is 3. The summed E-state index contributed by atoms with van der Waals surface area (Å²) in [4.78, 5) is 66.9. The van der Waals surface area contributed by atoms with Crippen LogP contribution in [-0.2, 0) is 23.9 Å². The van der Waals surface area contributed by atoms with Crippen molar-refractivity contribution in [1.29, 1.82) is 0 Å². The highest BCUT2D eigenvalue weighted by atomic mass is 16.6. The number of fused-ring (bicyclic) bond motifs is 1. The third kappa shape index (κ3) is 6.74. The van der Waals surface area contributed by atoms with Crippen molar-refractivity contribution >= 4 is 29.6 Å². The summed E-state index contributed by atoms with van der Waals surface area (Å²) in [5.74, 6) is -2.17. The molecule has 3 N–H and O–H groups in total. The molecule has 2 aliphatic carbocycles. The molecule has 2 saturated carbocycles. The lowest BCUT2D eigenvalue weighted by molar-refractivity contribution is -0.145. The van der Waals surface area contributed by atoms with Gasteiger partial charge in [-0.25, -0.2) is 4.79 Å². The number of alkyl carbamates (subject to hydrolysis) is 1. The lowest BCUT2D eigenvalue weighted by Crippen LogP contribution is -2.60. The Morgan fingerprint density at radius 2 is 1.79 bits per heavy atom. The lowest BCUT2D eigenvalue weighted by atomic mass is 9.55. The monoisotopic (exact) mass is 532 g/mol. The molecule has 0 aromatic rings. The maximum atomic E-state index is 13.9. The molecule has 1 heterocycles. The van der Waals surface area contributed by atoms with Crippen LogP contribution in [0.3, 0.4) is 0 Å². The summed E-state index contributed by atoms with van der Waals surface area (Å²) in [6.07, 6.45) is 4.19. The fourth-order valence-electron chi connectivity index (χ4n) is 6.02. The molecule has 0 bridgehead atoms. The van der Waals surface area contributed by atoms with Crippen LogP contribution in [0.5, 0.6) is 0 Å². The highest BCUT2D eigenvalue weighted by Gasteiger charge is 2.61. The number of carbonyl (C=O) groups is 5. The van der Waals surface area contributed by atoms with Crippen LogP contribution in [0.4, 0.5) is 4.79 Å².